The van der Waals surface area contributed by atoms with Crippen LogP contribution in [0.15, 0.2) is 30.6 Å². The number of ether oxygens (including phenoxy) is 1. The molecule has 2 aromatic rings. The van der Waals surface area contributed by atoms with Gasteiger partial charge in [0.25, 0.3) is 0 Å². The smallest absolute Gasteiger partial charge is 0.225 e. The lowest BCUT2D eigenvalue weighted by Gasteiger charge is -2.36. The van der Waals surface area contributed by atoms with Crippen LogP contribution in [0, 0.1) is 5.92 Å². The number of fused-ring (bicyclic) bond motifs is 1. The molecular weight excluding hydrogens is 270 g/mol. The first-order valence-electron chi connectivity index (χ1n) is 6.71. The minimum absolute atomic E-state index is 0.129. The van der Waals surface area contributed by atoms with Gasteiger partial charge < -0.3 is 15.8 Å². The molecule has 1 aromatic heterocycles. The molecule has 0 unspecified atom stereocenters. The molecule has 0 radical (unpaired) electrons. The fourth-order valence-corrected chi connectivity index (χ4v) is 2.85. The number of rotatable bonds is 3. The number of amides is 1. The largest absolute Gasteiger partial charge is 0.497 e. The first-order valence-corrected chi connectivity index (χ1v) is 6.71. The molecule has 1 aliphatic rings. The van der Waals surface area contributed by atoms with E-state index in [0.29, 0.717) is 5.95 Å². The molecule has 0 fully saturated rings. The minimum atomic E-state index is -0.425. The van der Waals surface area contributed by atoms with Crippen molar-refractivity contribution in [1.29, 1.82) is 0 Å². The zero-order valence-electron chi connectivity index (χ0n) is 11.9. The van der Waals surface area contributed by atoms with E-state index in [1.54, 1.807) is 11.8 Å². The molecule has 0 aliphatic carbocycles. The number of benzene rings is 1. The Morgan fingerprint density at radius 3 is 3.00 bits per heavy atom. The summed E-state index contributed by atoms with van der Waals surface area (Å²) in [5, 5.41) is 7.39. The Morgan fingerprint density at radius 2 is 2.29 bits per heavy atom. The van der Waals surface area contributed by atoms with E-state index < -0.39 is 5.92 Å². The van der Waals surface area contributed by atoms with Gasteiger partial charge in [-0.1, -0.05) is 12.1 Å². The Hall–Kier alpha value is -2.57. The van der Waals surface area contributed by atoms with Gasteiger partial charge in [0.1, 0.15) is 12.1 Å². The Balaban J connectivity index is 2.13. The van der Waals surface area contributed by atoms with Gasteiger partial charge in [-0.25, -0.2) is 4.68 Å². The van der Waals surface area contributed by atoms with Crippen LogP contribution >= 0.6 is 0 Å². The Bertz CT molecular complexity index is 669. The van der Waals surface area contributed by atoms with E-state index in [1.807, 2.05) is 31.2 Å². The maximum Gasteiger partial charge on any atom is 0.225 e. The topological polar surface area (TPSA) is 95.1 Å². The lowest BCUT2D eigenvalue weighted by Crippen LogP contribution is -2.47. The molecule has 3 atom stereocenters. The minimum Gasteiger partial charge on any atom is -0.497 e. The van der Waals surface area contributed by atoms with Crippen molar-refractivity contribution in [2.75, 3.05) is 12.4 Å². The van der Waals surface area contributed by atoms with Crippen molar-refractivity contribution < 1.29 is 9.53 Å². The molecule has 7 heteroatoms. The van der Waals surface area contributed by atoms with E-state index in [4.69, 9.17) is 10.5 Å². The van der Waals surface area contributed by atoms with Gasteiger partial charge in [-0.2, -0.15) is 10.1 Å². The van der Waals surface area contributed by atoms with Crippen LogP contribution in [0.5, 0.6) is 5.75 Å². The molecule has 0 bridgehead atoms. The molecule has 1 aliphatic heterocycles. The zero-order valence-corrected chi connectivity index (χ0v) is 11.9. The van der Waals surface area contributed by atoms with Gasteiger partial charge in [0.05, 0.1) is 19.1 Å². The summed E-state index contributed by atoms with van der Waals surface area (Å²) in [5.41, 5.74) is 6.53. The third-order valence-corrected chi connectivity index (χ3v) is 3.84. The second kappa shape index (κ2) is 5.08. The second-order valence-corrected chi connectivity index (χ2v) is 5.11. The lowest BCUT2D eigenvalue weighted by molar-refractivity contribution is -0.123. The van der Waals surface area contributed by atoms with Gasteiger partial charge in [-0.05, 0) is 24.6 Å². The van der Waals surface area contributed by atoms with Gasteiger partial charge in [0, 0.05) is 6.04 Å². The van der Waals surface area contributed by atoms with E-state index in [0.717, 1.165) is 11.3 Å². The molecule has 0 saturated heterocycles. The summed E-state index contributed by atoms with van der Waals surface area (Å²) < 4.78 is 6.96. The molecule has 0 saturated carbocycles. The SMILES string of the molecule is COc1cccc([C@@H]2[C@H](C(N)=O)[C@H](C)Nc3ncnn32)c1. The molecule has 1 amide bonds. The summed E-state index contributed by atoms with van der Waals surface area (Å²) in [6, 6.07) is 7.14. The first-order chi connectivity index (χ1) is 10.1. The maximum atomic E-state index is 11.9. The predicted molar refractivity (Wildman–Crippen MR) is 76.9 cm³/mol. The van der Waals surface area contributed by atoms with Crippen molar-refractivity contribution >= 4 is 11.9 Å². The quantitative estimate of drug-likeness (QED) is 0.870. The second-order valence-electron chi connectivity index (χ2n) is 5.11. The van der Waals surface area contributed by atoms with E-state index in [2.05, 4.69) is 15.4 Å². The Labute approximate surface area is 122 Å². The molecule has 3 rings (SSSR count). The van der Waals surface area contributed by atoms with Crippen LogP contribution in [-0.2, 0) is 4.79 Å². The van der Waals surface area contributed by atoms with E-state index >= 15 is 0 Å². The number of carbonyl (C=O) groups is 1. The fourth-order valence-electron chi connectivity index (χ4n) is 2.85. The highest BCUT2D eigenvalue weighted by atomic mass is 16.5. The molecule has 0 spiro atoms. The number of nitrogens with two attached hydrogens (primary N) is 1. The monoisotopic (exact) mass is 287 g/mol. The molecular formula is C14H17N5O2. The van der Waals surface area contributed by atoms with Crippen molar-refractivity contribution in [3.05, 3.63) is 36.2 Å². The van der Waals surface area contributed by atoms with Crippen molar-refractivity contribution in [3.63, 3.8) is 0 Å². The van der Waals surface area contributed by atoms with Gasteiger partial charge >= 0.3 is 0 Å². The van der Waals surface area contributed by atoms with Crippen LogP contribution in [0.4, 0.5) is 5.95 Å². The number of anilines is 1. The van der Waals surface area contributed by atoms with Crippen molar-refractivity contribution in [1.82, 2.24) is 14.8 Å². The number of carbonyl (C=O) groups excluding carboxylic acids is 1. The van der Waals surface area contributed by atoms with Gasteiger partial charge in [0.15, 0.2) is 0 Å². The molecule has 21 heavy (non-hydrogen) atoms. The molecule has 1 aromatic carbocycles. The molecule has 110 valence electrons. The van der Waals surface area contributed by atoms with Crippen molar-refractivity contribution in [3.8, 4) is 5.75 Å². The fraction of sp³-hybridized carbons (Fsp3) is 0.357. The van der Waals surface area contributed by atoms with Crippen LogP contribution in [0.25, 0.3) is 0 Å². The third-order valence-electron chi connectivity index (χ3n) is 3.84. The molecule has 7 nitrogen and oxygen atoms in total. The van der Waals surface area contributed by atoms with Gasteiger partial charge in [0.2, 0.25) is 11.9 Å². The Morgan fingerprint density at radius 1 is 1.48 bits per heavy atom. The van der Waals surface area contributed by atoms with E-state index in [-0.39, 0.29) is 18.0 Å². The van der Waals surface area contributed by atoms with Gasteiger partial charge in [-0.3, -0.25) is 4.79 Å². The first kappa shape index (κ1) is 13.4. The van der Waals surface area contributed by atoms with E-state index in [1.165, 1.54) is 6.33 Å². The van der Waals surface area contributed by atoms with Crippen LogP contribution in [0.1, 0.15) is 18.5 Å². The highest BCUT2D eigenvalue weighted by molar-refractivity contribution is 5.79. The highest BCUT2D eigenvalue weighted by Gasteiger charge is 2.40. The number of nitrogens with zero attached hydrogens (tertiary/aromatic N) is 3. The summed E-state index contributed by atoms with van der Waals surface area (Å²) in [5.74, 6) is 0.562. The number of hydrogen-bond acceptors (Lipinski definition) is 5. The highest BCUT2D eigenvalue weighted by Crippen LogP contribution is 2.36. The Kier molecular flexibility index (Phi) is 3.25. The standard InChI is InChI=1S/C14H17N5O2/c1-8-11(13(15)20)12(19-14(18-8)16-7-17-19)9-4-3-5-10(6-9)21-2/h3-8,11-12H,1-2H3,(H2,15,20)(H,16,17,18)/t8-,11+,12+/m0/s1. The molecule has 2 heterocycles. The predicted octanol–water partition coefficient (Wildman–Crippen LogP) is 0.792. The van der Waals surface area contributed by atoms with Crippen LogP contribution in [0.3, 0.4) is 0 Å². The van der Waals surface area contributed by atoms with Crippen molar-refractivity contribution in [2.24, 2.45) is 11.7 Å². The van der Waals surface area contributed by atoms with Crippen LogP contribution in [-0.4, -0.2) is 33.8 Å². The van der Waals surface area contributed by atoms with Gasteiger partial charge in [-0.15, -0.1) is 0 Å². The van der Waals surface area contributed by atoms with Crippen LogP contribution < -0.4 is 15.8 Å². The molecule has 3 N–H and O–H groups in total. The summed E-state index contributed by atoms with van der Waals surface area (Å²) in [6.07, 6.45) is 1.46. The normalized spacial score (nSPS) is 24.0. The number of nitrogens with one attached hydrogen (secondary N) is 1. The number of methoxy groups -OCH3 is 1. The third kappa shape index (κ3) is 2.20. The van der Waals surface area contributed by atoms with Crippen LogP contribution in [0.2, 0.25) is 0 Å². The number of aromatic nitrogens is 3. The number of hydrogen-bond donors (Lipinski definition) is 2. The summed E-state index contributed by atoms with van der Waals surface area (Å²) >= 11 is 0. The summed E-state index contributed by atoms with van der Waals surface area (Å²) in [4.78, 5) is 16.1. The maximum absolute atomic E-state index is 11.9. The zero-order chi connectivity index (χ0) is 15.0. The average Bonchev–Trinajstić information content (AvgIpc) is 2.93. The summed E-state index contributed by atoms with van der Waals surface area (Å²) in [7, 11) is 1.61. The van der Waals surface area contributed by atoms with Crippen molar-refractivity contribution in [2.45, 2.75) is 19.0 Å². The average molecular weight is 287 g/mol. The lowest BCUT2D eigenvalue weighted by atomic mass is 9.85. The number of primary amides is 1. The van der Waals surface area contributed by atoms with E-state index in [9.17, 15) is 4.79 Å². The summed E-state index contributed by atoms with van der Waals surface area (Å²) in [6.45, 7) is 1.92.